The summed E-state index contributed by atoms with van der Waals surface area (Å²) in [5.41, 5.74) is 0. The third kappa shape index (κ3) is 6.73. The molecule has 29 heavy (non-hydrogen) atoms. The van der Waals surface area contributed by atoms with Crippen molar-refractivity contribution in [2.45, 2.75) is 9.79 Å². The zero-order valence-corrected chi connectivity index (χ0v) is 17.3. The van der Waals surface area contributed by atoms with Crippen LogP contribution in [0.4, 0.5) is 0 Å². The Kier molecular flexibility index (Phi) is 7.84. The fourth-order valence-electron chi connectivity index (χ4n) is 2.46. The van der Waals surface area contributed by atoms with E-state index in [1.165, 1.54) is 0 Å². The first-order valence-corrected chi connectivity index (χ1v) is 11.0. The van der Waals surface area contributed by atoms with E-state index in [1.54, 1.807) is 66.0 Å². The van der Waals surface area contributed by atoms with Gasteiger partial charge >= 0.3 is 0 Å². The highest BCUT2D eigenvalue weighted by Crippen LogP contribution is 2.36. The number of hydrogen-bond acceptors (Lipinski definition) is 7. The molecular formula is C22H22O5S2. The van der Waals surface area contributed by atoms with Crippen molar-refractivity contribution < 1.29 is 24.8 Å². The van der Waals surface area contributed by atoms with Gasteiger partial charge in [-0.05, 0) is 60.7 Å². The van der Waals surface area contributed by atoms with Crippen LogP contribution in [0.1, 0.15) is 0 Å². The Balaban J connectivity index is 1.46. The lowest BCUT2D eigenvalue weighted by Gasteiger charge is -2.14. The van der Waals surface area contributed by atoms with E-state index in [0.29, 0.717) is 30.5 Å². The molecule has 3 N–H and O–H groups in total. The molecule has 0 aliphatic carbocycles. The zero-order chi connectivity index (χ0) is 20.5. The topological polar surface area (TPSA) is 79.2 Å². The third-order valence-electron chi connectivity index (χ3n) is 3.84. The molecule has 0 atom stereocenters. The lowest BCUT2D eigenvalue weighted by molar-refractivity contribution is 0.278. The van der Waals surface area contributed by atoms with E-state index in [4.69, 9.17) is 9.47 Å². The van der Waals surface area contributed by atoms with Gasteiger partial charge in [0.15, 0.2) is 11.5 Å². The number of aromatic hydroxyl groups is 3. The predicted octanol–water partition coefficient (Wildman–Crippen LogP) is 5.15. The first kappa shape index (κ1) is 21.1. The Morgan fingerprint density at radius 1 is 0.621 bits per heavy atom. The average molecular weight is 431 g/mol. The van der Waals surface area contributed by atoms with E-state index in [2.05, 4.69) is 0 Å². The summed E-state index contributed by atoms with van der Waals surface area (Å²) in [4.78, 5) is 2.08. The summed E-state index contributed by atoms with van der Waals surface area (Å²) in [5.74, 6) is 2.79. The van der Waals surface area contributed by atoms with Crippen LogP contribution in [0.2, 0.25) is 0 Å². The first-order chi connectivity index (χ1) is 14.1. The largest absolute Gasteiger partial charge is 0.508 e. The highest BCUT2D eigenvalue weighted by molar-refractivity contribution is 7.99. The second-order valence-corrected chi connectivity index (χ2v) is 8.32. The number of ether oxygens (including phenoxy) is 2. The van der Waals surface area contributed by atoms with Crippen molar-refractivity contribution >= 4 is 23.5 Å². The fraction of sp³-hybridized carbons (Fsp3) is 0.182. The van der Waals surface area contributed by atoms with Crippen molar-refractivity contribution in [2.24, 2.45) is 0 Å². The molecule has 0 saturated carbocycles. The number of benzene rings is 3. The van der Waals surface area contributed by atoms with Crippen molar-refractivity contribution in [3.63, 3.8) is 0 Å². The van der Waals surface area contributed by atoms with Crippen LogP contribution in [0.25, 0.3) is 0 Å². The second kappa shape index (κ2) is 10.8. The van der Waals surface area contributed by atoms with Crippen molar-refractivity contribution in [1.29, 1.82) is 0 Å². The molecule has 3 aromatic carbocycles. The van der Waals surface area contributed by atoms with E-state index in [0.717, 1.165) is 15.5 Å². The lowest BCUT2D eigenvalue weighted by atomic mass is 10.3. The quantitative estimate of drug-likeness (QED) is 0.303. The van der Waals surface area contributed by atoms with Crippen LogP contribution >= 0.6 is 23.5 Å². The summed E-state index contributed by atoms with van der Waals surface area (Å²) in [6, 6.07) is 19.1. The van der Waals surface area contributed by atoms with E-state index in [9.17, 15) is 15.3 Å². The van der Waals surface area contributed by atoms with E-state index in [1.807, 2.05) is 24.3 Å². The van der Waals surface area contributed by atoms with E-state index < -0.39 is 0 Å². The van der Waals surface area contributed by atoms with Crippen LogP contribution in [-0.2, 0) is 0 Å². The van der Waals surface area contributed by atoms with Crippen LogP contribution in [0.15, 0.2) is 76.5 Å². The van der Waals surface area contributed by atoms with Gasteiger partial charge in [-0.25, -0.2) is 0 Å². The highest BCUT2D eigenvalue weighted by atomic mass is 32.2. The van der Waals surface area contributed by atoms with Gasteiger partial charge in [0.25, 0.3) is 0 Å². The molecule has 0 aliphatic heterocycles. The Bertz CT molecular complexity index is 898. The van der Waals surface area contributed by atoms with Crippen LogP contribution in [0.3, 0.4) is 0 Å². The van der Waals surface area contributed by atoms with Crippen molar-refractivity contribution in [2.75, 3.05) is 24.7 Å². The fourth-order valence-corrected chi connectivity index (χ4v) is 3.92. The normalized spacial score (nSPS) is 10.6. The van der Waals surface area contributed by atoms with Gasteiger partial charge in [0.1, 0.15) is 11.5 Å². The molecule has 0 spiro atoms. The van der Waals surface area contributed by atoms with Gasteiger partial charge in [-0.15, -0.1) is 23.5 Å². The minimum Gasteiger partial charge on any atom is -0.508 e. The van der Waals surface area contributed by atoms with Crippen LogP contribution in [0, 0.1) is 0 Å². The Hall–Kier alpha value is -2.64. The van der Waals surface area contributed by atoms with Gasteiger partial charge in [0.05, 0.1) is 13.2 Å². The van der Waals surface area contributed by atoms with Gasteiger partial charge in [0.2, 0.25) is 5.75 Å². The molecule has 0 bridgehead atoms. The number of phenolic OH excluding ortho intramolecular Hbond substituents is 3. The molecule has 0 heterocycles. The maximum Gasteiger partial charge on any atom is 0.203 e. The molecule has 0 aromatic heterocycles. The Morgan fingerprint density at radius 3 is 1.69 bits per heavy atom. The van der Waals surface area contributed by atoms with Gasteiger partial charge in [-0.3, -0.25) is 0 Å². The SMILES string of the molecule is Oc1ccc(SCCOc2cccc(O)c2OCCSc2ccc(O)cc2)cc1. The lowest BCUT2D eigenvalue weighted by Crippen LogP contribution is -2.05. The average Bonchev–Trinajstić information content (AvgIpc) is 2.72. The summed E-state index contributed by atoms with van der Waals surface area (Å²) < 4.78 is 11.6. The molecule has 152 valence electrons. The van der Waals surface area contributed by atoms with Crippen molar-refractivity contribution in [3.8, 4) is 28.7 Å². The summed E-state index contributed by atoms with van der Waals surface area (Å²) in [5, 5.41) is 28.8. The summed E-state index contributed by atoms with van der Waals surface area (Å²) in [6.07, 6.45) is 0. The van der Waals surface area contributed by atoms with Gasteiger partial charge in [-0.1, -0.05) is 6.07 Å². The van der Waals surface area contributed by atoms with Crippen LogP contribution in [0.5, 0.6) is 28.7 Å². The Morgan fingerprint density at radius 2 is 1.14 bits per heavy atom. The number of para-hydroxylation sites is 1. The standard InChI is InChI=1S/C22H22O5S2/c23-16-4-8-18(9-5-16)28-14-12-26-21-3-1-2-20(25)22(21)27-13-15-29-19-10-6-17(24)7-11-19/h1-11,23-25H,12-15H2. The molecule has 3 rings (SSSR count). The predicted molar refractivity (Wildman–Crippen MR) is 117 cm³/mol. The second-order valence-electron chi connectivity index (χ2n) is 5.99. The Labute approximate surface area is 178 Å². The molecule has 0 saturated heterocycles. The molecule has 0 aliphatic rings. The number of hydrogen-bond donors (Lipinski definition) is 3. The first-order valence-electron chi connectivity index (χ1n) is 9.03. The summed E-state index contributed by atoms with van der Waals surface area (Å²) >= 11 is 3.22. The van der Waals surface area contributed by atoms with E-state index in [-0.39, 0.29) is 17.2 Å². The molecule has 0 fully saturated rings. The molecule has 5 nitrogen and oxygen atoms in total. The minimum atomic E-state index is 0.0447. The van der Waals surface area contributed by atoms with Crippen molar-refractivity contribution in [1.82, 2.24) is 0 Å². The maximum absolute atomic E-state index is 10.1. The monoisotopic (exact) mass is 430 g/mol. The molecule has 7 heteroatoms. The van der Waals surface area contributed by atoms with Gasteiger partial charge in [-0.2, -0.15) is 0 Å². The smallest absolute Gasteiger partial charge is 0.203 e. The third-order valence-corrected chi connectivity index (χ3v) is 5.79. The van der Waals surface area contributed by atoms with Crippen LogP contribution < -0.4 is 9.47 Å². The van der Waals surface area contributed by atoms with E-state index >= 15 is 0 Å². The van der Waals surface area contributed by atoms with Crippen LogP contribution in [-0.4, -0.2) is 40.0 Å². The molecule has 0 amide bonds. The molecule has 3 aromatic rings. The van der Waals surface area contributed by atoms with Gasteiger partial charge in [0, 0.05) is 21.3 Å². The maximum atomic E-state index is 10.1. The van der Waals surface area contributed by atoms with Gasteiger partial charge < -0.3 is 24.8 Å². The summed E-state index contributed by atoms with van der Waals surface area (Å²) in [6.45, 7) is 0.856. The zero-order valence-electron chi connectivity index (χ0n) is 15.7. The molecule has 0 radical (unpaired) electrons. The number of thioether (sulfide) groups is 2. The highest BCUT2D eigenvalue weighted by Gasteiger charge is 2.11. The van der Waals surface area contributed by atoms with Crippen molar-refractivity contribution in [3.05, 3.63) is 66.7 Å². The molecular weight excluding hydrogens is 408 g/mol. The molecule has 0 unspecified atom stereocenters. The number of rotatable bonds is 10. The number of phenols is 3. The minimum absolute atomic E-state index is 0.0447. The summed E-state index contributed by atoms with van der Waals surface area (Å²) in [7, 11) is 0.